The molecule has 2 fully saturated rings. The molecule has 0 unspecified atom stereocenters. The van der Waals surface area contributed by atoms with E-state index in [9.17, 15) is 14.0 Å². The van der Waals surface area contributed by atoms with Crippen LogP contribution >= 0.6 is 23.2 Å². The second-order valence-corrected chi connectivity index (χ2v) is 10.2. The van der Waals surface area contributed by atoms with Gasteiger partial charge in [-0.05, 0) is 73.9 Å². The van der Waals surface area contributed by atoms with E-state index in [-0.39, 0.29) is 40.0 Å². The number of rotatable bonds is 5. The van der Waals surface area contributed by atoms with Crippen molar-refractivity contribution in [2.75, 3.05) is 18.4 Å². The lowest BCUT2D eigenvalue weighted by Gasteiger charge is -2.33. The van der Waals surface area contributed by atoms with Gasteiger partial charge in [0.2, 0.25) is 0 Å². The van der Waals surface area contributed by atoms with E-state index in [2.05, 4.69) is 5.32 Å². The van der Waals surface area contributed by atoms with Crippen LogP contribution in [0.15, 0.2) is 53.5 Å². The number of aryl methyl sites for hydroxylation is 1. The Kier molecular flexibility index (Phi) is 6.60. The summed E-state index contributed by atoms with van der Waals surface area (Å²) in [5, 5.41) is 3.63. The van der Waals surface area contributed by atoms with Crippen LogP contribution in [0.25, 0.3) is 0 Å². The normalized spacial score (nSPS) is 16.4. The number of piperidine rings is 1. The highest BCUT2D eigenvalue weighted by Crippen LogP contribution is 2.38. The van der Waals surface area contributed by atoms with Crippen molar-refractivity contribution >= 4 is 40.5 Å². The molecule has 1 amide bonds. The van der Waals surface area contributed by atoms with Crippen LogP contribution in [0.1, 0.15) is 59.1 Å². The van der Waals surface area contributed by atoms with Crippen molar-refractivity contribution < 1.29 is 9.18 Å². The lowest BCUT2D eigenvalue weighted by molar-refractivity contribution is 0.0713. The Bertz CT molecular complexity index is 1330. The standard InChI is InChI=1S/C27H26Cl2FN3O2/c1-16-2-9-22(28)23(14-16)31-25-21(15-33(20-7-8-20)27(35)24(25)29)26(34)32-12-10-18(11-13-32)17-3-5-19(30)6-4-17/h2-6,9,14-15,18,20,31H,7-8,10-13H2,1H3. The first kappa shape index (κ1) is 23.9. The van der Waals surface area contributed by atoms with Crippen molar-refractivity contribution in [2.24, 2.45) is 0 Å². The Hall–Kier alpha value is -2.83. The maximum atomic E-state index is 13.7. The second-order valence-electron chi connectivity index (χ2n) is 9.40. The molecule has 5 rings (SSSR count). The Balaban J connectivity index is 1.45. The van der Waals surface area contributed by atoms with E-state index in [0.717, 1.165) is 36.8 Å². The Morgan fingerprint density at radius 2 is 1.71 bits per heavy atom. The van der Waals surface area contributed by atoms with E-state index in [4.69, 9.17) is 23.2 Å². The number of amides is 1. The molecule has 0 spiro atoms. The van der Waals surface area contributed by atoms with E-state index >= 15 is 0 Å². The van der Waals surface area contributed by atoms with Gasteiger partial charge < -0.3 is 14.8 Å². The van der Waals surface area contributed by atoms with Gasteiger partial charge in [-0.2, -0.15) is 0 Å². The molecule has 1 aromatic heterocycles. The summed E-state index contributed by atoms with van der Waals surface area (Å²) in [4.78, 5) is 28.5. The number of anilines is 2. The molecule has 1 saturated carbocycles. The Morgan fingerprint density at radius 3 is 2.37 bits per heavy atom. The van der Waals surface area contributed by atoms with Gasteiger partial charge in [0.25, 0.3) is 11.5 Å². The van der Waals surface area contributed by atoms with Crippen LogP contribution < -0.4 is 10.9 Å². The molecule has 1 aliphatic carbocycles. The summed E-state index contributed by atoms with van der Waals surface area (Å²) in [7, 11) is 0. The Labute approximate surface area is 213 Å². The Morgan fingerprint density at radius 1 is 1.03 bits per heavy atom. The zero-order chi connectivity index (χ0) is 24.7. The molecule has 8 heteroatoms. The number of carbonyl (C=O) groups is 1. The SMILES string of the molecule is Cc1ccc(Cl)c(Nc2c(C(=O)N3CCC(c4ccc(F)cc4)CC3)cn(C3CC3)c(=O)c2Cl)c1. The maximum absolute atomic E-state index is 13.7. The fourth-order valence-electron chi connectivity index (χ4n) is 4.70. The summed E-state index contributed by atoms with van der Waals surface area (Å²) < 4.78 is 14.9. The topological polar surface area (TPSA) is 54.3 Å². The van der Waals surface area contributed by atoms with Crippen molar-refractivity contribution in [2.45, 2.75) is 44.6 Å². The third-order valence-corrected chi connectivity index (χ3v) is 7.54. The smallest absolute Gasteiger partial charge is 0.271 e. The first-order valence-electron chi connectivity index (χ1n) is 11.8. The lowest BCUT2D eigenvalue weighted by Crippen LogP contribution is -2.39. The number of nitrogens with one attached hydrogen (secondary N) is 1. The van der Waals surface area contributed by atoms with Crippen molar-refractivity contribution in [3.05, 3.63) is 91.6 Å². The molecule has 2 aromatic carbocycles. The molecule has 5 nitrogen and oxygen atoms in total. The van der Waals surface area contributed by atoms with E-state index < -0.39 is 0 Å². The minimum Gasteiger partial charge on any atom is -0.352 e. The minimum absolute atomic E-state index is 0.0125. The van der Waals surface area contributed by atoms with Crippen molar-refractivity contribution in [3.63, 3.8) is 0 Å². The molecule has 35 heavy (non-hydrogen) atoms. The molecule has 3 aromatic rings. The summed E-state index contributed by atoms with van der Waals surface area (Å²) >= 11 is 13.0. The molecule has 2 aliphatic rings. The van der Waals surface area contributed by atoms with E-state index in [1.807, 2.05) is 31.2 Å². The third-order valence-electron chi connectivity index (χ3n) is 6.86. The van der Waals surface area contributed by atoms with Gasteiger partial charge in [0.1, 0.15) is 10.8 Å². The van der Waals surface area contributed by atoms with Crippen LogP contribution in [-0.4, -0.2) is 28.5 Å². The van der Waals surface area contributed by atoms with Gasteiger partial charge in [0.05, 0.1) is 22.0 Å². The monoisotopic (exact) mass is 513 g/mol. The van der Waals surface area contributed by atoms with Crippen LogP contribution in [0.4, 0.5) is 15.8 Å². The first-order chi connectivity index (χ1) is 16.8. The summed E-state index contributed by atoms with van der Waals surface area (Å²) in [5.41, 5.74) is 2.98. The van der Waals surface area contributed by atoms with Crippen molar-refractivity contribution in [1.82, 2.24) is 9.47 Å². The maximum Gasteiger partial charge on any atom is 0.271 e. The number of hydrogen-bond acceptors (Lipinski definition) is 3. The molecule has 2 heterocycles. The average Bonchev–Trinajstić information content (AvgIpc) is 3.70. The van der Waals surface area contributed by atoms with Gasteiger partial charge in [-0.1, -0.05) is 41.4 Å². The molecule has 1 saturated heterocycles. The van der Waals surface area contributed by atoms with Crippen LogP contribution in [0.3, 0.4) is 0 Å². The average molecular weight is 514 g/mol. The molecule has 0 atom stereocenters. The highest BCUT2D eigenvalue weighted by molar-refractivity contribution is 6.35. The summed E-state index contributed by atoms with van der Waals surface area (Å²) in [5.74, 6) is -0.157. The second kappa shape index (κ2) is 9.67. The number of nitrogens with zero attached hydrogens (tertiary/aromatic N) is 2. The lowest BCUT2D eigenvalue weighted by atomic mass is 9.89. The van der Waals surface area contributed by atoms with Gasteiger partial charge >= 0.3 is 0 Å². The fourth-order valence-corrected chi connectivity index (χ4v) is 5.11. The fraction of sp³-hybridized carbons (Fsp3) is 0.333. The van der Waals surface area contributed by atoms with Gasteiger partial charge in [-0.25, -0.2) is 4.39 Å². The zero-order valence-corrected chi connectivity index (χ0v) is 20.9. The van der Waals surface area contributed by atoms with Gasteiger partial charge in [0, 0.05) is 25.3 Å². The molecule has 0 bridgehead atoms. The zero-order valence-electron chi connectivity index (χ0n) is 19.4. The summed E-state index contributed by atoms with van der Waals surface area (Å²) in [6.45, 7) is 3.06. The van der Waals surface area contributed by atoms with Crippen LogP contribution in [0.2, 0.25) is 10.0 Å². The van der Waals surface area contributed by atoms with Crippen LogP contribution in [0.5, 0.6) is 0 Å². The number of hydrogen-bond donors (Lipinski definition) is 1. The van der Waals surface area contributed by atoms with Crippen LogP contribution in [-0.2, 0) is 0 Å². The molecule has 1 aliphatic heterocycles. The van der Waals surface area contributed by atoms with Gasteiger partial charge in [0.15, 0.2) is 0 Å². The largest absolute Gasteiger partial charge is 0.352 e. The highest BCUT2D eigenvalue weighted by Gasteiger charge is 2.32. The molecule has 0 radical (unpaired) electrons. The molecular formula is C27H26Cl2FN3O2. The number of likely N-dealkylation sites (tertiary alicyclic amines) is 1. The van der Waals surface area contributed by atoms with Crippen molar-refractivity contribution in [1.29, 1.82) is 0 Å². The third kappa shape index (κ3) is 4.95. The molecular weight excluding hydrogens is 488 g/mol. The van der Waals surface area contributed by atoms with Crippen LogP contribution in [0, 0.1) is 12.7 Å². The minimum atomic E-state index is -0.313. The van der Waals surface area contributed by atoms with E-state index in [1.54, 1.807) is 21.7 Å². The predicted molar refractivity (Wildman–Crippen MR) is 138 cm³/mol. The predicted octanol–water partition coefficient (Wildman–Crippen LogP) is 6.70. The summed E-state index contributed by atoms with van der Waals surface area (Å²) in [6, 6.07) is 12.2. The number of pyridine rings is 1. The highest BCUT2D eigenvalue weighted by atomic mass is 35.5. The van der Waals surface area contributed by atoms with Crippen molar-refractivity contribution in [3.8, 4) is 0 Å². The summed E-state index contributed by atoms with van der Waals surface area (Å²) in [6.07, 6.45) is 4.98. The van der Waals surface area contributed by atoms with E-state index in [0.29, 0.717) is 29.4 Å². The molecule has 182 valence electrons. The number of benzene rings is 2. The molecule has 1 N–H and O–H groups in total. The first-order valence-corrected chi connectivity index (χ1v) is 12.6. The van der Waals surface area contributed by atoms with Gasteiger partial charge in [-0.15, -0.1) is 0 Å². The number of halogens is 3. The quantitative estimate of drug-likeness (QED) is 0.412. The van der Waals surface area contributed by atoms with E-state index in [1.165, 1.54) is 12.1 Å². The number of aromatic nitrogens is 1. The van der Waals surface area contributed by atoms with Gasteiger partial charge in [-0.3, -0.25) is 9.59 Å². The number of carbonyl (C=O) groups excluding carboxylic acids is 1.